The van der Waals surface area contributed by atoms with Crippen LogP contribution >= 0.6 is 0 Å². The van der Waals surface area contributed by atoms with Crippen LogP contribution in [0.15, 0.2) is 18.2 Å². The summed E-state index contributed by atoms with van der Waals surface area (Å²) in [6.45, 7) is 3.42. The number of carboxylic acid groups (broad SMARTS) is 1. The number of carbonyl (C=O) groups excluding carboxylic acids is 1. The number of H-pyrrole nitrogens is 1. The molecule has 6 heteroatoms. The Labute approximate surface area is 116 Å². The molecule has 0 bridgehead atoms. The Bertz CT molecular complexity index is 648. The van der Waals surface area contributed by atoms with Crippen molar-refractivity contribution in [1.29, 1.82) is 0 Å². The summed E-state index contributed by atoms with van der Waals surface area (Å²) in [5.41, 5.74) is 2.93. The predicted molar refractivity (Wildman–Crippen MR) is 74.4 cm³/mol. The van der Waals surface area contributed by atoms with Crippen molar-refractivity contribution >= 4 is 22.9 Å². The van der Waals surface area contributed by atoms with Crippen molar-refractivity contribution in [2.24, 2.45) is 0 Å². The summed E-state index contributed by atoms with van der Waals surface area (Å²) < 4.78 is 0. The van der Waals surface area contributed by atoms with Crippen LogP contribution in [-0.2, 0) is 16.0 Å². The van der Waals surface area contributed by atoms with Gasteiger partial charge in [-0.05, 0) is 25.5 Å². The molecule has 0 spiro atoms. The first-order chi connectivity index (χ1) is 9.47. The Morgan fingerprint density at radius 1 is 1.45 bits per heavy atom. The number of imidazole rings is 1. The summed E-state index contributed by atoms with van der Waals surface area (Å²) in [6.07, 6.45) is 0.656. The van der Waals surface area contributed by atoms with Crippen molar-refractivity contribution in [2.75, 3.05) is 0 Å². The molecule has 1 heterocycles. The molecule has 6 nitrogen and oxygen atoms in total. The molecule has 2 aromatic rings. The quantitative estimate of drug-likeness (QED) is 0.768. The molecule has 0 aliphatic rings. The van der Waals surface area contributed by atoms with E-state index in [1.54, 1.807) is 0 Å². The lowest BCUT2D eigenvalue weighted by Gasteiger charge is -2.08. The van der Waals surface area contributed by atoms with Crippen LogP contribution in [-0.4, -0.2) is 33.0 Å². The molecule has 0 saturated carbocycles. The van der Waals surface area contributed by atoms with E-state index in [1.807, 2.05) is 25.1 Å². The number of amides is 1. The molecule has 20 heavy (non-hydrogen) atoms. The summed E-state index contributed by atoms with van der Waals surface area (Å²) in [4.78, 5) is 29.8. The highest BCUT2D eigenvalue weighted by atomic mass is 16.4. The van der Waals surface area contributed by atoms with E-state index in [2.05, 4.69) is 15.3 Å². The highest BCUT2D eigenvalue weighted by molar-refractivity contribution is 5.83. The molecule has 1 atom stereocenters. The number of aromatic amines is 1. The van der Waals surface area contributed by atoms with Crippen molar-refractivity contribution in [1.82, 2.24) is 15.3 Å². The second-order valence-corrected chi connectivity index (χ2v) is 4.78. The second-order valence-electron chi connectivity index (χ2n) is 4.78. The minimum Gasteiger partial charge on any atom is -0.480 e. The van der Waals surface area contributed by atoms with Crippen molar-refractivity contribution in [2.45, 2.75) is 32.7 Å². The molecule has 1 amide bonds. The average molecular weight is 275 g/mol. The van der Waals surface area contributed by atoms with Crippen molar-refractivity contribution < 1.29 is 14.7 Å². The van der Waals surface area contributed by atoms with Crippen LogP contribution in [0.3, 0.4) is 0 Å². The number of aliphatic carboxylic acids is 1. The van der Waals surface area contributed by atoms with Crippen molar-refractivity contribution in [3.8, 4) is 0 Å². The lowest BCUT2D eigenvalue weighted by Crippen LogP contribution is -2.38. The molecule has 1 unspecified atom stereocenters. The van der Waals surface area contributed by atoms with Gasteiger partial charge < -0.3 is 15.4 Å². The van der Waals surface area contributed by atoms with Gasteiger partial charge in [-0.25, -0.2) is 4.98 Å². The molecular formula is C14H17N3O3. The topological polar surface area (TPSA) is 95.1 Å². The number of hydrogen-bond acceptors (Lipinski definition) is 3. The maximum Gasteiger partial charge on any atom is 0.325 e. The molecule has 0 fully saturated rings. The lowest BCUT2D eigenvalue weighted by atomic mass is 10.2. The minimum absolute atomic E-state index is 0.205. The highest BCUT2D eigenvalue weighted by Crippen LogP contribution is 2.16. The number of fused-ring (bicyclic) bond motifs is 1. The normalized spacial score (nSPS) is 12.3. The van der Waals surface area contributed by atoms with Crippen LogP contribution < -0.4 is 5.32 Å². The van der Waals surface area contributed by atoms with Gasteiger partial charge in [0.25, 0.3) is 0 Å². The van der Waals surface area contributed by atoms with Gasteiger partial charge in [0.15, 0.2) is 0 Å². The van der Waals surface area contributed by atoms with Gasteiger partial charge >= 0.3 is 5.97 Å². The number of para-hydroxylation sites is 1. The Morgan fingerprint density at radius 2 is 2.20 bits per heavy atom. The molecule has 106 valence electrons. The van der Waals surface area contributed by atoms with E-state index >= 15 is 0 Å². The van der Waals surface area contributed by atoms with E-state index in [1.165, 1.54) is 6.92 Å². The first-order valence-electron chi connectivity index (χ1n) is 6.43. The molecule has 0 radical (unpaired) electrons. The smallest absolute Gasteiger partial charge is 0.325 e. The number of nitrogens with zero attached hydrogens (tertiary/aromatic N) is 1. The molecule has 1 aromatic carbocycles. The van der Waals surface area contributed by atoms with Gasteiger partial charge in [0.05, 0.1) is 11.0 Å². The zero-order chi connectivity index (χ0) is 14.7. The standard InChI is InChI=1S/C14H17N3O3/c1-8-4-3-5-10-13(8)17-11(16-10)6-7-12(18)15-9(2)14(19)20/h3-5,9H,6-7H2,1-2H3,(H,15,18)(H,16,17)(H,19,20). The second kappa shape index (κ2) is 5.73. The summed E-state index contributed by atoms with van der Waals surface area (Å²) >= 11 is 0. The largest absolute Gasteiger partial charge is 0.480 e. The summed E-state index contributed by atoms with van der Waals surface area (Å²) in [6, 6.07) is 4.99. The number of carboxylic acids is 1. The number of aromatic nitrogens is 2. The fourth-order valence-corrected chi connectivity index (χ4v) is 1.95. The van der Waals surface area contributed by atoms with Crippen molar-refractivity contribution in [3.63, 3.8) is 0 Å². The van der Waals surface area contributed by atoms with Crippen LogP contribution in [0.5, 0.6) is 0 Å². The minimum atomic E-state index is -1.04. The monoisotopic (exact) mass is 275 g/mol. The number of nitrogens with one attached hydrogen (secondary N) is 2. The fraction of sp³-hybridized carbons (Fsp3) is 0.357. The Kier molecular flexibility index (Phi) is 4.02. The Hall–Kier alpha value is -2.37. The lowest BCUT2D eigenvalue weighted by molar-refractivity contribution is -0.141. The zero-order valence-electron chi connectivity index (χ0n) is 11.4. The molecule has 0 aliphatic heterocycles. The Balaban J connectivity index is 1.97. The van der Waals surface area contributed by atoms with Gasteiger partial charge in [-0.1, -0.05) is 12.1 Å². The van der Waals surface area contributed by atoms with Gasteiger partial charge in [0.1, 0.15) is 11.9 Å². The number of hydrogen-bond donors (Lipinski definition) is 3. The number of benzene rings is 1. The first kappa shape index (κ1) is 14.0. The molecule has 2 rings (SSSR count). The zero-order valence-corrected chi connectivity index (χ0v) is 11.4. The van der Waals surface area contributed by atoms with E-state index in [4.69, 9.17) is 5.11 Å². The summed E-state index contributed by atoms with van der Waals surface area (Å²) in [7, 11) is 0. The van der Waals surface area contributed by atoms with Gasteiger partial charge in [0, 0.05) is 12.8 Å². The van der Waals surface area contributed by atoms with E-state index in [9.17, 15) is 9.59 Å². The van der Waals surface area contributed by atoms with Crippen LogP contribution in [0.1, 0.15) is 24.7 Å². The van der Waals surface area contributed by atoms with Crippen LogP contribution in [0.4, 0.5) is 0 Å². The summed E-state index contributed by atoms with van der Waals surface area (Å²) in [5.74, 6) is -0.609. The molecule has 0 aliphatic carbocycles. The molecular weight excluding hydrogens is 258 g/mol. The van der Waals surface area contributed by atoms with Gasteiger partial charge in [-0.15, -0.1) is 0 Å². The molecule has 1 aromatic heterocycles. The van der Waals surface area contributed by atoms with E-state index in [0.717, 1.165) is 22.4 Å². The van der Waals surface area contributed by atoms with Crippen LogP contribution in [0, 0.1) is 6.92 Å². The van der Waals surface area contributed by atoms with Crippen LogP contribution in [0.25, 0.3) is 11.0 Å². The molecule has 3 N–H and O–H groups in total. The average Bonchev–Trinajstić information content (AvgIpc) is 2.81. The number of carbonyl (C=O) groups is 2. The van der Waals surface area contributed by atoms with Gasteiger partial charge in [-0.3, -0.25) is 9.59 Å². The SMILES string of the molecule is Cc1cccc2[nH]c(CCC(=O)NC(C)C(=O)O)nc12. The van der Waals surface area contributed by atoms with Crippen molar-refractivity contribution in [3.05, 3.63) is 29.6 Å². The van der Waals surface area contributed by atoms with E-state index < -0.39 is 12.0 Å². The van der Waals surface area contributed by atoms with Gasteiger partial charge in [-0.2, -0.15) is 0 Å². The molecule has 0 saturated heterocycles. The van der Waals surface area contributed by atoms with Gasteiger partial charge in [0.2, 0.25) is 5.91 Å². The number of aryl methyl sites for hydroxylation is 2. The van der Waals surface area contributed by atoms with E-state index in [-0.39, 0.29) is 12.3 Å². The fourth-order valence-electron chi connectivity index (χ4n) is 1.95. The third-order valence-electron chi connectivity index (χ3n) is 3.10. The van der Waals surface area contributed by atoms with E-state index in [0.29, 0.717) is 6.42 Å². The third-order valence-corrected chi connectivity index (χ3v) is 3.10. The maximum absolute atomic E-state index is 11.6. The highest BCUT2D eigenvalue weighted by Gasteiger charge is 2.14. The predicted octanol–water partition coefficient (Wildman–Crippen LogP) is 1.39. The Morgan fingerprint density at radius 3 is 2.85 bits per heavy atom. The third kappa shape index (κ3) is 3.14. The number of rotatable bonds is 5. The first-order valence-corrected chi connectivity index (χ1v) is 6.43. The maximum atomic E-state index is 11.6. The van der Waals surface area contributed by atoms with Crippen LogP contribution in [0.2, 0.25) is 0 Å². The summed E-state index contributed by atoms with van der Waals surface area (Å²) in [5, 5.41) is 11.1.